The van der Waals surface area contributed by atoms with Crippen molar-refractivity contribution >= 4 is 12.3 Å². The lowest BCUT2D eigenvalue weighted by Gasteiger charge is -2.18. The van der Waals surface area contributed by atoms with Crippen LogP contribution in [-0.4, -0.2) is 42.3 Å². The van der Waals surface area contributed by atoms with Crippen LogP contribution < -0.4 is 4.74 Å². The van der Waals surface area contributed by atoms with Crippen LogP contribution in [0.2, 0.25) is 0 Å². The number of rotatable bonds is 7. The third-order valence-corrected chi connectivity index (χ3v) is 2.77. The third kappa shape index (κ3) is 4.04. The second kappa shape index (κ2) is 7.62. The first kappa shape index (κ1) is 16.1. The molecule has 1 rings (SSSR count). The highest BCUT2D eigenvalue weighted by atomic mass is 16.5. The molecule has 0 aliphatic rings. The third-order valence-electron chi connectivity index (χ3n) is 2.77. The van der Waals surface area contributed by atoms with Gasteiger partial charge in [-0.05, 0) is 24.6 Å². The molecule has 0 aromatic heterocycles. The first-order chi connectivity index (χ1) is 9.53. The van der Waals surface area contributed by atoms with Crippen molar-refractivity contribution in [1.29, 1.82) is 0 Å². The Labute approximate surface area is 116 Å². The Hall–Kier alpha value is -1.92. The summed E-state index contributed by atoms with van der Waals surface area (Å²) >= 11 is 0. The summed E-state index contributed by atoms with van der Waals surface area (Å²) < 4.78 is 9.71. The van der Waals surface area contributed by atoms with E-state index in [4.69, 9.17) is 9.47 Å². The Bertz CT molecular complexity index is 471. The summed E-state index contributed by atoms with van der Waals surface area (Å²) in [4.78, 5) is 22.0. The van der Waals surface area contributed by atoms with Crippen LogP contribution in [0.5, 0.6) is 5.75 Å². The van der Waals surface area contributed by atoms with Gasteiger partial charge in [0.15, 0.2) is 6.29 Å². The number of ether oxygens (including phenoxy) is 2. The molecule has 0 fully saturated rings. The van der Waals surface area contributed by atoms with Gasteiger partial charge in [-0.1, -0.05) is 6.07 Å². The van der Waals surface area contributed by atoms with Crippen LogP contribution in [0.15, 0.2) is 18.2 Å². The molecule has 20 heavy (non-hydrogen) atoms. The number of esters is 1. The molecular weight excluding hydrogens is 264 g/mol. The van der Waals surface area contributed by atoms with Gasteiger partial charge in [0, 0.05) is 0 Å². The van der Waals surface area contributed by atoms with Gasteiger partial charge in [0.05, 0.1) is 31.8 Å². The van der Waals surface area contributed by atoms with Crippen molar-refractivity contribution < 1.29 is 29.3 Å². The molecule has 0 radical (unpaired) electrons. The fourth-order valence-corrected chi connectivity index (χ4v) is 1.73. The summed E-state index contributed by atoms with van der Waals surface area (Å²) in [7, 11) is 1.40. The van der Waals surface area contributed by atoms with Crippen molar-refractivity contribution in [2.24, 2.45) is 0 Å². The lowest BCUT2D eigenvalue weighted by atomic mass is 10.0. The highest BCUT2D eigenvalue weighted by Crippen LogP contribution is 2.25. The maximum Gasteiger partial charge on any atom is 0.308 e. The molecule has 1 aromatic rings. The van der Waals surface area contributed by atoms with Crippen LogP contribution in [0, 0.1) is 0 Å². The number of carbonyl (C=O) groups excluding carboxylic acids is 2. The van der Waals surface area contributed by atoms with E-state index in [0.29, 0.717) is 23.2 Å². The second-order valence-electron chi connectivity index (χ2n) is 4.14. The predicted octanol–water partition coefficient (Wildman–Crippen LogP) is 0.855. The minimum Gasteiger partial charge on any atom is -0.496 e. The number of hydrogen-bond acceptors (Lipinski definition) is 6. The zero-order valence-electron chi connectivity index (χ0n) is 11.4. The molecule has 2 N–H and O–H groups in total. The van der Waals surface area contributed by atoms with E-state index in [-0.39, 0.29) is 13.0 Å². The maximum absolute atomic E-state index is 11.2. The van der Waals surface area contributed by atoms with Crippen LogP contribution >= 0.6 is 0 Å². The minimum atomic E-state index is -1.29. The molecule has 2 atom stereocenters. The topological polar surface area (TPSA) is 93.1 Å². The summed E-state index contributed by atoms with van der Waals surface area (Å²) in [5, 5.41) is 19.8. The number of aliphatic hydroxyl groups is 2. The minimum absolute atomic E-state index is 0.212. The Morgan fingerprint density at radius 1 is 1.40 bits per heavy atom. The molecule has 2 unspecified atom stereocenters. The molecule has 0 aliphatic heterocycles. The van der Waals surface area contributed by atoms with E-state index in [1.54, 1.807) is 6.92 Å². The van der Waals surface area contributed by atoms with Crippen LogP contribution in [0.4, 0.5) is 0 Å². The van der Waals surface area contributed by atoms with Gasteiger partial charge in [-0.15, -0.1) is 0 Å². The molecule has 0 aliphatic carbocycles. The van der Waals surface area contributed by atoms with Crippen LogP contribution in [0.1, 0.15) is 35.4 Å². The van der Waals surface area contributed by atoms with Crippen LogP contribution in [0.3, 0.4) is 0 Å². The molecule has 6 heteroatoms. The van der Waals surface area contributed by atoms with E-state index in [1.165, 1.54) is 25.3 Å². The Morgan fingerprint density at radius 3 is 2.65 bits per heavy atom. The molecule has 1 aromatic carbocycles. The smallest absolute Gasteiger partial charge is 0.308 e. The fourth-order valence-electron chi connectivity index (χ4n) is 1.73. The molecule has 6 nitrogen and oxygen atoms in total. The Balaban J connectivity index is 2.83. The normalized spacial score (nSPS) is 13.4. The summed E-state index contributed by atoms with van der Waals surface area (Å²) in [5.41, 5.74) is 0.688. The number of aldehydes is 1. The van der Waals surface area contributed by atoms with E-state index in [1.807, 2.05) is 0 Å². The average molecular weight is 282 g/mol. The van der Waals surface area contributed by atoms with E-state index in [9.17, 15) is 19.8 Å². The van der Waals surface area contributed by atoms with Crippen molar-refractivity contribution in [3.05, 3.63) is 29.3 Å². The van der Waals surface area contributed by atoms with Gasteiger partial charge in [0.2, 0.25) is 0 Å². The van der Waals surface area contributed by atoms with Crippen LogP contribution in [-0.2, 0) is 9.53 Å². The number of hydrogen-bond donors (Lipinski definition) is 2. The quantitative estimate of drug-likeness (QED) is 0.569. The number of benzene rings is 1. The monoisotopic (exact) mass is 282 g/mol. The van der Waals surface area contributed by atoms with Gasteiger partial charge in [0.25, 0.3) is 0 Å². The summed E-state index contributed by atoms with van der Waals surface area (Å²) in [6, 6.07) is 4.41. The SMILES string of the molecule is CCOC(=O)CC(O)C(O)c1ccc(C=O)c(OC)c1. The molecule has 0 bridgehead atoms. The summed E-state index contributed by atoms with van der Waals surface area (Å²) in [6.07, 6.45) is -2.24. The largest absolute Gasteiger partial charge is 0.496 e. The molecular formula is C14H18O6. The van der Waals surface area contributed by atoms with Gasteiger partial charge < -0.3 is 19.7 Å². The molecule has 0 heterocycles. The van der Waals surface area contributed by atoms with E-state index >= 15 is 0 Å². The maximum atomic E-state index is 11.2. The van der Waals surface area contributed by atoms with E-state index in [0.717, 1.165) is 0 Å². The van der Waals surface area contributed by atoms with Crippen LogP contribution in [0.25, 0.3) is 0 Å². The van der Waals surface area contributed by atoms with E-state index in [2.05, 4.69) is 0 Å². The Morgan fingerprint density at radius 2 is 2.10 bits per heavy atom. The molecule has 0 amide bonds. The van der Waals surface area contributed by atoms with Gasteiger partial charge in [0.1, 0.15) is 11.9 Å². The average Bonchev–Trinajstić information content (AvgIpc) is 2.45. The van der Waals surface area contributed by atoms with Gasteiger partial charge >= 0.3 is 5.97 Å². The molecule has 0 saturated carbocycles. The zero-order chi connectivity index (χ0) is 15.1. The molecule has 110 valence electrons. The molecule has 0 spiro atoms. The lowest BCUT2D eigenvalue weighted by molar-refractivity contribution is -0.147. The number of carbonyl (C=O) groups is 2. The lowest BCUT2D eigenvalue weighted by Crippen LogP contribution is -2.23. The van der Waals surface area contributed by atoms with E-state index < -0.39 is 18.2 Å². The first-order valence-electron chi connectivity index (χ1n) is 6.18. The van der Waals surface area contributed by atoms with Crippen molar-refractivity contribution in [2.75, 3.05) is 13.7 Å². The second-order valence-corrected chi connectivity index (χ2v) is 4.14. The number of aliphatic hydroxyl groups excluding tert-OH is 2. The van der Waals surface area contributed by atoms with Crippen molar-refractivity contribution in [2.45, 2.75) is 25.6 Å². The zero-order valence-corrected chi connectivity index (χ0v) is 11.4. The molecule has 0 saturated heterocycles. The predicted molar refractivity (Wildman–Crippen MR) is 70.6 cm³/mol. The highest BCUT2D eigenvalue weighted by Gasteiger charge is 2.23. The van der Waals surface area contributed by atoms with Gasteiger partial charge in [-0.25, -0.2) is 0 Å². The highest BCUT2D eigenvalue weighted by molar-refractivity contribution is 5.79. The number of methoxy groups -OCH3 is 1. The van der Waals surface area contributed by atoms with Crippen molar-refractivity contribution in [3.63, 3.8) is 0 Å². The fraction of sp³-hybridized carbons (Fsp3) is 0.429. The standard InChI is InChI=1S/C14H18O6/c1-3-20-13(17)7-11(16)14(18)9-4-5-10(8-15)12(6-9)19-2/h4-6,8,11,14,16,18H,3,7H2,1-2H3. The summed E-state index contributed by atoms with van der Waals surface area (Å²) in [6.45, 7) is 1.87. The Kier molecular flexibility index (Phi) is 6.14. The van der Waals surface area contributed by atoms with Gasteiger partial charge in [-0.3, -0.25) is 9.59 Å². The summed E-state index contributed by atoms with van der Waals surface area (Å²) in [5.74, 6) is -0.296. The van der Waals surface area contributed by atoms with Crippen molar-refractivity contribution in [1.82, 2.24) is 0 Å². The van der Waals surface area contributed by atoms with Crippen molar-refractivity contribution in [3.8, 4) is 5.75 Å². The first-order valence-corrected chi connectivity index (χ1v) is 6.18. The van der Waals surface area contributed by atoms with Gasteiger partial charge in [-0.2, -0.15) is 0 Å².